The molecule has 0 aromatic heterocycles. The molecule has 0 spiro atoms. The van der Waals surface area contributed by atoms with Gasteiger partial charge in [0.2, 0.25) is 0 Å². The van der Waals surface area contributed by atoms with E-state index in [1.807, 2.05) is 0 Å². The lowest BCUT2D eigenvalue weighted by molar-refractivity contribution is 0.569. The van der Waals surface area contributed by atoms with Crippen molar-refractivity contribution in [2.75, 3.05) is 13.1 Å². The summed E-state index contributed by atoms with van der Waals surface area (Å²) in [5.74, 6) is -0.655. The van der Waals surface area contributed by atoms with Crippen LogP contribution < -0.4 is 5.32 Å². The van der Waals surface area contributed by atoms with Crippen LogP contribution in [0.5, 0.6) is 0 Å². The summed E-state index contributed by atoms with van der Waals surface area (Å²) in [7, 11) is 0. The molecule has 0 fully saturated rings. The molecule has 0 saturated carbocycles. The Balaban J connectivity index is 2.23. The number of aryl methyl sites for hydroxylation is 1. The molecular weight excluding hydrogens is 208 g/mol. The van der Waals surface area contributed by atoms with Crippen molar-refractivity contribution in [2.45, 2.75) is 32.6 Å². The minimum Gasteiger partial charge on any atom is -0.317 e. The molecule has 0 aliphatic carbocycles. The molecule has 0 radical (unpaired) electrons. The Labute approximate surface area is 95.9 Å². The van der Waals surface area contributed by atoms with Gasteiger partial charge in [0.15, 0.2) is 0 Å². The highest BCUT2D eigenvalue weighted by molar-refractivity contribution is 5.18. The third-order valence-corrected chi connectivity index (χ3v) is 2.56. The lowest BCUT2D eigenvalue weighted by Crippen LogP contribution is -2.13. The van der Waals surface area contributed by atoms with Gasteiger partial charge in [-0.1, -0.05) is 13.3 Å². The molecule has 0 unspecified atom stereocenters. The number of hydrogen-bond acceptors (Lipinski definition) is 1. The van der Waals surface area contributed by atoms with Crippen LogP contribution in [-0.2, 0) is 6.42 Å². The fourth-order valence-corrected chi connectivity index (χ4v) is 1.65. The maximum atomic E-state index is 13.2. The van der Waals surface area contributed by atoms with E-state index in [0.717, 1.165) is 38.4 Å². The zero-order valence-electron chi connectivity index (χ0n) is 9.73. The van der Waals surface area contributed by atoms with Crippen LogP contribution in [0.1, 0.15) is 31.7 Å². The molecule has 0 aliphatic heterocycles. The van der Waals surface area contributed by atoms with E-state index < -0.39 is 0 Å². The highest BCUT2D eigenvalue weighted by atomic mass is 19.1. The van der Waals surface area contributed by atoms with Gasteiger partial charge in [0.25, 0.3) is 0 Å². The van der Waals surface area contributed by atoms with Crippen LogP contribution in [0.15, 0.2) is 18.2 Å². The molecule has 3 heteroatoms. The number of hydrogen-bond donors (Lipinski definition) is 1. The predicted molar refractivity (Wildman–Crippen MR) is 62.5 cm³/mol. The van der Waals surface area contributed by atoms with E-state index in [4.69, 9.17) is 0 Å². The number of halogens is 2. The Morgan fingerprint density at radius 3 is 2.69 bits per heavy atom. The highest BCUT2D eigenvalue weighted by Gasteiger charge is 2.03. The van der Waals surface area contributed by atoms with Crippen molar-refractivity contribution in [3.8, 4) is 0 Å². The van der Waals surface area contributed by atoms with E-state index in [0.29, 0.717) is 12.0 Å². The first-order valence-corrected chi connectivity index (χ1v) is 5.88. The smallest absolute Gasteiger partial charge is 0.126 e. The van der Waals surface area contributed by atoms with Crippen LogP contribution in [0.3, 0.4) is 0 Å². The molecule has 1 N–H and O–H groups in total. The van der Waals surface area contributed by atoms with Crippen molar-refractivity contribution in [3.63, 3.8) is 0 Å². The number of benzene rings is 1. The normalized spacial score (nSPS) is 10.7. The molecule has 1 nitrogen and oxygen atoms in total. The van der Waals surface area contributed by atoms with Gasteiger partial charge in [-0.2, -0.15) is 0 Å². The third-order valence-electron chi connectivity index (χ3n) is 2.56. The van der Waals surface area contributed by atoms with Gasteiger partial charge in [-0.3, -0.25) is 0 Å². The number of rotatable bonds is 7. The van der Waals surface area contributed by atoms with E-state index in [-0.39, 0.29) is 11.6 Å². The summed E-state index contributed by atoms with van der Waals surface area (Å²) in [4.78, 5) is 0. The molecule has 16 heavy (non-hydrogen) atoms. The van der Waals surface area contributed by atoms with Gasteiger partial charge in [-0.05, 0) is 56.1 Å². The van der Waals surface area contributed by atoms with E-state index in [9.17, 15) is 8.78 Å². The Morgan fingerprint density at radius 1 is 1.12 bits per heavy atom. The van der Waals surface area contributed by atoms with Crippen LogP contribution in [-0.4, -0.2) is 13.1 Å². The lowest BCUT2D eigenvalue weighted by atomic mass is 10.1. The summed E-state index contributed by atoms with van der Waals surface area (Å²) < 4.78 is 26.1. The van der Waals surface area contributed by atoms with E-state index >= 15 is 0 Å². The van der Waals surface area contributed by atoms with Crippen molar-refractivity contribution in [1.82, 2.24) is 5.32 Å². The van der Waals surface area contributed by atoms with Crippen molar-refractivity contribution < 1.29 is 8.78 Å². The monoisotopic (exact) mass is 227 g/mol. The topological polar surface area (TPSA) is 12.0 Å². The maximum Gasteiger partial charge on any atom is 0.126 e. The van der Waals surface area contributed by atoms with Gasteiger partial charge in [-0.15, -0.1) is 0 Å². The summed E-state index contributed by atoms with van der Waals surface area (Å²) in [6.07, 6.45) is 3.66. The van der Waals surface area contributed by atoms with Gasteiger partial charge in [-0.25, -0.2) is 8.78 Å². The van der Waals surface area contributed by atoms with Gasteiger partial charge >= 0.3 is 0 Å². The third kappa shape index (κ3) is 4.71. The summed E-state index contributed by atoms with van der Waals surface area (Å²) in [6.45, 7) is 4.06. The van der Waals surface area contributed by atoms with Crippen molar-refractivity contribution >= 4 is 0 Å². The minimum absolute atomic E-state index is 0.298. The number of nitrogens with one attached hydrogen (secondary N) is 1. The average molecular weight is 227 g/mol. The van der Waals surface area contributed by atoms with Crippen molar-refractivity contribution in [2.24, 2.45) is 0 Å². The minimum atomic E-state index is -0.357. The van der Waals surface area contributed by atoms with Gasteiger partial charge in [0, 0.05) is 0 Å². The first kappa shape index (κ1) is 13.1. The van der Waals surface area contributed by atoms with Crippen LogP contribution >= 0.6 is 0 Å². The quantitative estimate of drug-likeness (QED) is 0.705. The summed E-state index contributed by atoms with van der Waals surface area (Å²) in [5.41, 5.74) is 0.489. The SMILES string of the molecule is CCNCCCCCc1cc(F)ccc1F. The molecule has 1 rings (SSSR count). The predicted octanol–water partition coefficient (Wildman–Crippen LogP) is 3.29. The van der Waals surface area contributed by atoms with Crippen LogP contribution in [0.2, 0.25) is 0 Å². The standard InChI is InChI=1S/C13H19F2N/c1-2-16-9-5-3-4-6-11-10-12(14)7-8-13(11)15/h7-8,10,16H,2-6,9H2,1H3. The van der Waals surface area contributed by atoms with Crippen LogP contribution in [0, 0.1) is 11.6 Å². The Kier molecular flexibility index (Phi) is 6.01. The fraction of sp³-hybridized carbons (Fsp3) is 0.538. The molecule has 1 aromatic carbocycles. The molecule has 0 aliphatic rings. The molecule has 0 atom stereocenters. The number of unbranched alkanes of at least 4 members (excludes halogenated alkanes) is 2. The maximum absolute atomic E-state index is 13.2. The summed E-state index contributed by atoms with van der Waals surface area (Å²) >= 11 is 0. The molecule has 0 heterocycles. The van der Waals surface area contributed by atoms with E-state index in [2.05, 4.69) is 12.2 Å². The summed E-state index contributed by atoms with van der Waals surface area (Å²) in [6, 6.07) is 3.65. The molecule has 0 saturated heterocycles. The van der Waals surface area contributed by atoms with Gasteiger partial charge < -0.3 is 5.32 Å². The molecular formula is C13H19F2N. The summed E-state index contributed by atoms with van der Waals surface area (Å²) in [5, 5.41) is 3.23. The second-order valence-electron chi connectivity index (χ2n) is 3.90. The molecule has 1 aromatic rings. The van der Waals surface area contributed by atoms with E-state index in [1.54, 1.807) is 0 Å². The largest absolute Gasteiger partial charge is 0.317 e. The van der Waals surface area contributed by atoms with Crippen LogP contribution in [0.4, 0.5) is 8.78 Å². The van der Waals surface area contributed by atoms with Crippen LogP contribution in [0.25, 0.3) is 0 Å². The fourth-order valence-electron chi connectivity index (χ4n) is 1.65. The molecule has 0 bridgehead atoms. The van der Waals surface area contributed by atoms with Gasteiger partial charge in [0.05, 0.1) is 0 Å². The second-order valence-corrected chi connectivity index (χ2v) is 3.90. The van der Waals surface area contributed by atoms with Crippen molar-refractivity contribution in [3.05, 3.63) is 35.4 Å². The molecule has 90 valence electrons. The highest BCUT2D eigenvalue weighted by Crippen LogP contribution is 2.13. The lowest BCUT2D eigenvalue weighted by Gasteiger charge is -2.04. The Hall–Kier alpha value is -0.960. The second kappa shape index (κ2) is 7.34. The average Bonchev–Trinajstić information content (AvgIpc) is 2.28. The zero-order chi connectivity index (χ0) is 11.8. The molecule has 0 amide bonds. The first-order valence-electron chi connectivity index (χ1n) is 5.88. The Morgan fingerprint density at radius 2 is 1.94 bits per heavy atom. The Bertz CT molecular complexity index is 313. The van der Waals surface area contributed by atoms with Crippen molar-refractivity contribution in [1.29, 1.82) is 0 Å². The van der Waals surface area contributed by atoms with Gasteiger partial charge in [0.1, 0.15) is 11.6 Å². The zero-order valence-corrected chi connectivity index (χ0v) is 9.73. The first-order chi connectivity index (χ1) is 7.74. The van der Waals surface area contributed by atoms with E-state index in [1.165, 1.54) is 12.1 Å².